The lowest BCUT2D eigenvalue weighted by atomic mass is 9.91. The quantitative estimate of drug-likeness (QED) is 0.501. The van der Waals surface area contributed by atoms with Crippen molar-refractivity contribution in [3.8, 4) is 5.75 Å². The second-order valence-corrected chi connectivity index (χ2v) is 7.09. The van der Waals surface area contributed by atoms with Crippen LogP contribution in [0.3, 0.4) is 0 Å². The van der Waals surface area contributed by atoms with Gasteiger partial charge in [-0.2, -0.15) is 0 Å². The average Bonchev–Trinajstić information content (AvgIpc) is 2.77. The van der Waals surface area contributed by atoms with Gasteiger partial charge in [-0.3, -0.25) is 9.59 Å². The standard InChI is InChI=1S/C25H19NO5/c1-16-6-2-5-9-22(16)26-24(29)20-8-4-3-7-19(20)21(25(26)30)14-17-10-12-18(13-11-17)31-15-23(27)28/h2-14H,15H2,1H3,(H,27,28)/b21-14-. The highest BCUT2D eigenvalue weighted by Gasteiger charge is 2.36. The van der Waals surface area contributed by atoms with E-state index in [1.54, 1.807) is 66.7 Å². The van der Waals surface area contributed by atoms with Crippen LogP contribution in [0.1, 0.15) is 27.0 Å². The Morgan fingerprint density at radius 2 is 1.55 bits per heavy atom. The summed E-state index contributed by atoms with van der Waals surface area (Å²) in [5.41, 5.74) is 3.53. The van der Waals surface area contributed by atoms with Crippen LogP contribution in [-0.4, -0.2) is 29.5 Å². The van der Waals surface area contributed by atoms with Gasteiger partial charge in [0.1, 0.15) is 5.75 Å². The predicted octanol–water partition coefficient (Wildman–Crippen LogP) is 4.19. The molecular formula is C25H19NO5. The first-order chi connectivity index (χ1) is 15.0. The van der Waals surface area contributed by atoms with Crippen molar-refractivity contribution in [3.63, 3.8) is 0 Å². The molecule has 0 radical (unpaired) electrons. The van der Waals surface area contributed by atoms with Crippen LogP contribution in [0.5, 0.6) is 5.75 Å². The number of para-hydroxylation sites is 1. The van der Waals surface area contributed by atoms with Crippen LogP contribution in [0.15, 0.2) is 72.8 Å². The predicted molar refractivity (Wildman–Crippen MR) is 117 cm³/mol. The Bertz CT molecular complexity index is 1210. The molecule has 0 saturated heterocycles. The largest absolute Gasteiger partial charge is 0.482 e. The number of carboxylic acids is 1. The number of anilines is 1. The zero-order valence-electron chi connectivity index (χ0n) is 16.7. The van der Waals surface area contributed by atoms with Crippen molar-refractivity contribution in [2.45, 2.75) is 6.92 Å². The summed E-state index contributed by atoms with van der Waals surface area (Å²) < 4.78 is 5.15. The highest BCUT2D eigenvalue weighted by Crippen LogP contribution is 2.34. The first kappa shape index (κ1) is 20.1. The maximum Gasteiger partial charge on any atom is 0.341 e. The normalized spacial score (nSPS) is 14.5. The Morgan fingerprint density at radius 3 is 2.23 bits per heavy atom. The SMILES string of the molecule is Cc1ccccc1N1C(=O)/C(=C\c2ccc(OCC(=O)O)cc2)c2ccccc2C1=O. The summed E-state index contributed by atoms with van der Waals surface area (Å²) in [4.78, 5) is 38.5. The molecule has 3 aromatic rings. The number of carbonyl (C=O) groups is 3. The number of carbonyl (C=O) groups excluding carboxylic acids is 2. The minimum absolute atomic E-state index is 0.357. The first-order valence-electron chi connectivity index (χ1n) is 9.66. The second-order valence-electron chi connectivity index (χ2n) is 7.09. The fraction of sp³-hybridized carbons (Fsp3) is 0.0800. The smallest absolute Gasteiger partial charge is 0.341 e. The van der Waals surface area contributed by atoms with E-state index in [9.17, 15) is 14.4 Å². The van der Waals surface area contributed by atoms with Crippen LogP contribution >= 0.6 is 0 Å². The molecule has 1 aliphatic rings. The Labute approximate surface area is 179 Å². The van der Waals surface area contributed by atoms with Crippen molar-refractivity contribution in [1.82, 2.24) is 0 Å². The summed E-state index contributed by atoms with van der Waals surface area (Å²) in [5.74, 6) is -1.40. The van der Waals surface area contributed by atoms with E-state index in [0.717, 1.165) is 11.1 Å². The van der Waals surface area contributed by atoms with Gasteiger partial charge >= 0.3 is 5.97 Å². The molecule has 3 aromatic carbocycles. The Hall–Kier alpha value is -4.19. The molecule has 6 heteroatoms. The van der Waals surface area contributed by atoms with Gasteiger partial charge in [-0.15, -0.1) is 0 Å². The maximum atomic E-state index is 13.4. The topological polar surface area (TPSA) is 83.9 Å². The molecule has 154 valence electrons. The molecule has 0 bridgehead atoms. The van der Waals surface area contributed by atoms with Crippen molar-refractivity contribution >= 4 is 35.1 Å². The van der Waals surface area contributed by atoms with Crippen LogP contribution in [-0.2, 0) is 9.59 Å². The molecule has 1 N–H and O–H groups in total. The number of nitrogens with zero attached hydrogens (tertiary/aromatic N) is 1. The van der Waals surface area contributed by atoms with E-state index >= 15 is 0 Å². The molecular weight excluding hydrogens is 394 g/mol. The van der Waals surface area contributed by atoms with E-state index < -0.39 is 18.5 Å². The van der Waals surface area contributed by atoms with Gasteiger partial charge in [0.15, 0.2) is 6.61 Å². The molecule has 31 heavy (non-hydrogen) atoms. The summed E-state index contributed by atoms with van der Waals surface area (Å²) in [6.45, 7) is 1.43. The molecule has 0 aromatic heterocycles. The van der Waals surface area contributed by atoms with Crippen molar-refractivity contribution in [3.05, 3.63) is 95.1 Å². The maximum absolute atomic E-state index is 13.4. The van der Waals surface area contributed by atoms with Crippen LogP contribution in [0.2, 0.25) is 0 Å². The van der Waals surface area contributed by atoms with Crippen LogP contribution in [0.4, 0.5) is 5.69 Å². The van der Waals surface area contributed by atoms with E-state index in [0.29, 0.717) is 28.1 Å². The molecule has 1 heterocycles. The fourth-order valence-electron chi connectivity index (χ4n) is 3.50. The average molecular weight is 413 g/mol. The number of benzene rings is 3. The summed E-state index contributed by atoms with van der Waals surface area (Å²) in [7, 11) is 0. The zero-order valence-corrected chi connectivity index (χ0v) is 16.7. The fourth-order valence-corrected chi connectivity index (χ4v) is 3.50. The van der Waals surface area contributed by atoms with E-state index in [1.165, 1.54) is 4.90 Å². The highest BCUT2D eigenvalue weighted by molar-refractivity contribution is 6.43. The molecule has 0 aliphatic carbocycles. The lowest BCUT2D eigenvalue weighted by Gasteiger charge is -2.29. The van der Waals surface area contributed by atoms with E-state index in [1.807, 2.05) is 19.1 Å². The number of fused-ring (bicyclic) bond motifs is 1. The minimum atomic E-state index is -1.06. The molecule has 6 nitrogen and oxygen atoms in total. The van der Waals surface area contributed by atoms with Gasteiger partial charge < -0.3 is 9.84 Å². The van der Waals surface area contributed by atoms with Gasteiger partial charge in [-0.05, 0) is 54.0 Å². The Kier molecular flexibility index (Phi) is 5.37. The molecule has 0 atom stereocenters. The molecule has 0 fully saturated rings. The number of aliphatic carboxylic acids is 1. The molecule has 1 aliphatic heterocycles. The summed E-state index contributed by atoms with van der Waals surface area (Å²) in [5, 5.41) is 8.72. The number of amides is 2. The number of hydrogen-bond donors (Lipinski definition) is 1. The van der Waals surface area contributed by atoms with E-state index in [2.05, 4.69) is 0 Å². The van der Waals surface area contributed by atoms with Gasteiger partial charge in [0.2, 0.25) is 0 Å². The third-order valence-electron chi connectivity index (χ3n) is 4.99. The molecule has 2 amide bonds. The lowest BCUT2D eigenvalue weighted by molar-refractivity contribution is -0.139. The minimum Gasteiger partial charge on any atom is -0.482 e. The number of ether oxygens (including phenoxy) is 1. The Balaban J connectivity index is 1.76. The van der Waals surface area contributed by atoms with Gasteiger partial charge in [0.05, 0.1) is 5.69 Å². The van der Waals surface area contributed by atoms with Crippen LogP contribution in [0.25, 0.3) is 11.6 Å². The number of hydrogen-bond acceptors (Lipinski definition) is 4. The molecule has 4 rings (SSSR count). The number of rotatable bonds is 5. The van der Waals surface area contributed by atoms with Crippen LogP contribution in [0, 0.1) is 6.92 Å². The van der Waals surface area contributed by atoms with Crippen molar-refractivity contribution in [2.75, 3.05) is 11.5 Å². The zero-order chi connectivity index (χ0) is 22.0. The van der Waals surface area contributed by atoms with Crippen molar-refractivity contribution in [2.24, 2.45) is 0 Å². The number of aryl methyl sites for hydroxylation is 1. The van der Waals surface area contributed by atoms with E-state index in [4.69, 9.17) is 9.84 Å². The van der Waals surface area contributed by atoms with Gasteiger partial charge in [-0.1, -0.05) is 48.5 Å². The lowest BCUT2D eigenvalue weighted by Crippen LogP contribution is -2.42. The number of imide groups is 1. The summed E-state index contributed by atoms with van der Waals surface area (Å²) in [6.07, 6.45) is 1.72. The molecule has 0 saturated carbocycles. The first-order valence-corrected chi connectivity index (χ1v) is 9.66. The summed E-state index contributed by atoms with van der Waals surface area (Å²) >= 11 is 0. The molecule has 0 spiro atoms. The monoisotopic (exact) mass is 413 g/mol. The van der Waals surface area contributed by atoms with Gasteiger partial charge in [0, 0.05) is 11.1 Å². The number of carboxylic acid groups (broad SMARTS) is 1. The van der Waals surface area contributed by atoms with Gasteiger partial charge in [-0.25, -0.2) is 9.69 Å². The molecule has 0 unspecified atom stereocenters. The summed E-state index contributed by atoms with van der Waals surface area (Å²) in [6, 6.07) is 21.0. The highest BCUT2D eigenvalue weighted by atomic mass is 16.5. The van der Waals surface area contributed by atoms with Crippen molar-refractivity contribution < 1.29 is 24.2 Å². The second kappa shape index (κ2) is 8.28. The van der Waals surface area contributed by atoms with E-state index in [-0.39, 0.29) is 5.91 Å². The van der Waals surface area contributed by atoms with Crippen LogP contribution < -0.4 is 9.64 Å². The van der Waals surface area contributed by atoms with Crippen molar-refractivity contribution in [1.29, 1.82) is 0 Å². The third-order valence-corrected chi connectivity index (χ3v) is 4.99. The Morgan fingerprint density at radius 1 is 0.903 bits per heavy atom. The third kappa shape index (κ3) is 3.96. The van der Waals surface area contributed by atoms with Gasteiger partial charge in [0.25, 0.3) is 11.8 Å².